The molecule has 2 fully saturated rings. The van der Waals surface area contributed by atoms with Gasteiger partial charge in [-0.2, -0.15) is 0 Å². The van der Waals surface area contributed by atoms with E-state index in [2.05, 4.69) is 10.3 Å². The molecule has 3 heterocycles. The van der Waals surface area contributed by atoms with Crippen LogP contribution in [0.5, 0.6) is 0 Å². The van der Waals surface area contributed by atoms with E-state index in [9.17, 15) is 14.4 Å². The number of piperidine rings is 1. The van der Waals surface area contributed by atoms with Crippen LogP contribution >= 0.6 is 0 Å². The molecule has 0 unspecified atom stereocenters. The number of H-pyrrole nitrogens is 1. The third kappa shape index (κ3) is 2.91. The number of imidazole rings is 1. The molecule has 4 amide bonds. The van der Waals surface area contributed by atoms with Gasteiger partial charge in [0.2, 0.25) is 5.91 Å². The van der Waals surface area contributed by atoms with Crippen LogP contribution in [-0.2, 0) is 9.59 Å². The van der Waals surface area contributed by atoms with Gasteiger partial charge in [0, 0.05) is 19.0 Å². The lowest BCUT2D eigenvalue weighted by Crippen LogP contribution is -2.46. The van der Waals surface area contributed by atoms with Crippen LogP contribution < -0.4 is 5.32 Å². The summed E-state index contributed by atoms with van der Waals surface area (Å²) in [6, 6.07) is 5.53. The summed E-state index contributed by atoms with van der Waals surface area (Å²) in [6.45, 7) is 2.98. The molecule has 1 aromatic heterocycles. The molecular formula is C18H21N5O3. The number of aryl methyl sites for hydroxylation is 1. The molecule has 8 nitrogen and oxygen atoms in total. The lowest BCUT2D eigenvalue weighted by molar-refractivity contribution is -0.137. The molecule has 0 radical (unpaired) electrons. The van der Waals surface area contributed by atoms with E-state index in [1.807, 2.05) is 25.1 Å². The molecule has 0 spiro atoms. The number of carbonyl (C=O) groups excluding carboxylic acids is 3. The quantitative estimate of drug-likeness (QED) is 0.807. The highest BCUT2D eigenvalue weighted by Crippen LogP contribution is 2.27. The van der Waals surface area contributed by atoms with Crippen LogP contribution in [0.3, 0.4) is 0 Å². The number of likely N-dealkylation sites (tertiary alicyclic amines) is 1. The normalized spacial score (nSPS) is 20.7. The van der Waals surface area contributed by atoms with Gasteiger partial charge < -0.3 is 15.2 Å². The van der Waals surface area contributed by atoms with Crippen molar-refractivity contribution < 1.29 is 14.4 Å². The van der Waals surface area contributed by atoms with Crippen LogP contribution in [0.4, 0.5) is 4.79 Å². The standard InChI is InChI=1S/C18H21N5O3/c1-11-4-2-6-13-16(11)21-17(20-13)12-5-3-7-22(9-12)15(25)10-23-14(24)8-19-18(23)26/h2,4,6,12H,3,5,7-10H2,1H3,(H,19,26)(H,20,21)/t12-/m0/s1. The fourth-order valence-corrected chi connectivity index (χ4v) is 3.67. The topological polar surface area (TPSA) is 98.4 Å². The summed E-state index contributed by atoms with van der Waals surface area (Å²) in [5.74, 6) is 0.460. The Bertz CT molecular complexity index is 874. The molecule has 2 N–H and O–H groups in total. The van der Waals surface area contributed by atoms with Gasteiger partial charge in [-0.3, -0.25) is 14.5 Å². The number of nitrogens with zero attached hydrogens (tertiary/aromatic N) is 3. The van der Waals surface area contributed by atoms with Crippen molar-refractivity contribution in [3.63, 3.8) is 0 Å². The molecule has 8 heteroatoms. The van der Waals surface area contributed by atoms with E-state index in [1.54, 1.807) is 4.90 Å². The van der Waals surface area contributed by atoms with Gasteiger partial charge in [0.1, 0.15) is 12.4 Å². The Morgan fingerprint density at radius 2 is 2.19 bits per heavy atom. The molecule has 2 aliphatic heterocycles. The minimum Gasteiger partial charge on any atom is -0.342 e. The van der Waals surface area contributed by atoms with Crippen molar-refractivity contribution in [1.82, 2.24) is 25.1 Å². The number of carbonyl (C=O) groups is 3. The summed E-state index contributed by atoms with van der Waals surface area (Å²) in [5, 5.41) is 2.43. The highest BCUT2D eigenvalue weighted by molar-refractivity contribution is 6.04. The monoisotopic (exact) mass is 355 g/mol. The second kappa shape index (κ2) is 6.44. The highest BCUT2D eigenvalue weighted by Gasteiger charge is 2.33. The first-order valence-electron chi connectivity index (χ1n) is 8.84. The molecule has 2 saturated heterocycles. The zero-order chi connectivity index (χ0) is 18.3. The van der Waals surface area contributed by atoms with Gasteiger partial charge in [0.15, 0.2) is 0 Å². The predicted molar refractivity (Wildman–Crippen MR) is 94.5 cm³/mol. The van der Waals surface area contributed by atoms with E-state index >= 15 is 0 Å². The molecule has 2 aliphatic rings. The average Bonchev–Trinajstić information content (AvgIpc) is 3.21. The van der Waals surface area contributed by atoms with E-state index in [0.29, 0.717) is 13.1 Å². The second-order valence-electron chi connectivity index (χ2n) is 6.91. The first-order chi connectivity index (χ1) is 12.5. The van der Waals surface area contributed by atoms with Crippen LogP contribution in [0.1, 0.15) is 30.1 Å². The van der Waals surface area contributed by atoms with Crippen LogP contribution in [0.25, 0.3) is 11.0 Å². The van der Waals surface area contributed by atoms with E-state index in [0.717, 1.165) is 40.2 Å². The van der Waals surface area contributed by atoms with Crippen molar-refractivity contribution in [2.24, 2.45) is 0 Å². The summed E-state index contributed by atoms with van der Waals surface area (Å²) in [6.07, 6.45) is 1.82. The number of para-hydroxylation sites is 1. The third-order valence-electron chi connectivity index (χ3n) is 5.12. The number of rotatable bonds is 3. The summed E-state index contributed by atoms with van der Waals surface area (Å²) >= 11 is 0. The fraction of sp³-hybridized carbons (Fsp3) is 0.444. The number of hydrogen-bond acceptors (Lipinski definition) is 4. The summed E-state index contributed by atoms with van der Waals surface area (Å²) in [7, 11) is 0. The molecule has 0 aliphatic carbocycles. The summed E-state index contributed by atoms with van der Waals surface area (Å²) < 4.78 is 0. The van der Waals surface area contributed by atoms with Gasteiger partial charge >= 0.3 is 6.03 Å². The lowest BCUT2D eigenvalue weighted by atomic mass is 9.97. The maximum Gasteiger partial charge on any atom is 0.325 e. The summed E-state index contributed by atoms with van der Waals surface area (Å²) in [4.78, 5) is 46.7. The molecular weight excluding hydrogens is 334 g/mol. The zero-order valence-electron chi connectivity index (χ0n) is 14.6. The molecule has 1 atom stereocenters. The van der Waals surface area contributed by atoms with E-state index in [1.165, 1.54) is 0 Å². The van der Waals surface area contributed by atoms with Crippen molar-refractivity contribution in [1.29, 1.82) is 0 Å². The minimum atomic E-state index is -0.496. The maximum atomic E-state index is 12.6. The highest BCUT2D eigenvalue weighted by atomic mass is 16.2. The lowest BCUT2D eigenvalue weighted by Gasteiger charge is -2.32. The van der Waals surface area contributed by atoms with Gasteiger partial charge in [-0.05, 0) is 31.4 Å². The van der Waals surface area contributed by atoms with Gasteiger partial charge in [-0.25, -0.2) is 9.78 Å². The van der Waals surface area contributed by atoms with E-state index < -0.39 is 6.03 Å². The number of imide groups is 1. The number of aromatic amines is 1. The van der Waals surface area contributed by atoms with Gasteiger partial charge in [0.05, 0.1) is 17.6 Å². The Morgan fingerprint density at radius 1 is 1.35 bits per heavy atom. The van der Waals surface area contributed by atoms with Crippen LogP contribution in [-0.4, -0.2) is 63.8 Å². The Hall–Kier alpha value is -2.90. The number of aromatic nitrogens is 2. The predicted octanol–water partition coefficient (Wildman–Crippen LogP) is 1.13. The fourth-order valence-electron chi connectivity index (χ4n) is 3.67. The molecule has 0 saturated carbocycles. The SMILES string of the molecule is Cc1cccc2[nH]c([C@H]3CCCN(C(=O)CN4C(=O)CNC4=O)C3)nc12. The maximum absolute atomic E-state index is 12.6. The van der Waals surface area contributed by atoms with E-state index in [-0.39, 0.29) is 30.8 Å². The van der Waals surface area contributed by atoms with Gasteiger partial charge in [-0.15, -0.1) is 0 Å². The van der Waals surface area contributed by atoms with Gasteiger partial charge in [-0.1, -0.05) is 12.1 Å². The zero-order valence-corrected chi connectivity index (χ0v) is 14.6. The number of amides is 4. The van der Waals surface area contributed by atoms with Crippen molar-refractivity contribution in [3.8, 4) is 0 Å². The van der Waals surface area contributed by atoms with Crippen LogP contribution in [0, 0.1) is 6.92 Å². The first-order valence-corrected chi connectivity index (χ1v) is 8.84. The Kier molecular flexibility index (Phi) is 4.10. The first kappa shape index (κ1) is 16.6. The molecule has 136 valence electrons. The molecule has 26 heavy (non-hydrogen) atoms. The average molecular weight is 355 g/mol. The van der Waals surface area contributed by atoms with Crippen molar-refractivity contribution in [3.05, 3.63) is 29.6 Å². The molecule has 2 aromatic rings. The minimum absolute atomic E-state index is 0.0346. The smallest absolute Gasteiger partial charge is 0.325 e. The number of nitrogens with one attached hydrogen (secondary N) is 2. The van der Waals surface area contributed by atoms with Gasteiger partial charge in [0.25, 0.3) is 5.91 Å². The largest absolute Gasteiger partial charge is 0.342 e. The van der Waals surface area contributed by atoms with Crippen molar-refractivity contribution in [2.45, 2.75) is 25.7 Å². The van der Waals surface area contributed by atoms with Crippen LogP contribution in [0.2, 0.25) is 0 Å². The number of urea groups is 1. The third-order valence-corrected chi connectivity index (χ3v) is 5.12. The van der Waals surface area contributed by atoms with E-state index in [4.69, 9.17) is 4.98 Å². The second-order valence-corrected chi connectivity index (χ2v) is 6.91. The Balaban J connectivity index is 1.48. The van der Waals surface area contributed by atoms with Crippen LogP contribution in [0.15, 0.2) is 18.2 Å². The molecule has 4 rings (SSSR count). The molecule has 0 bridgehead atoms. The molecule has 1 aromatic carbocycles. The summed E-state index contributed by atoms with van der Waals surface area (Å²) in [5.41, 5.74) is 3.08. The Morgan fingerprint density at radius 3 is 2.92 bits per heavy atom. The Labute approximate surface area is 150 Å². The van der Waals surface area contributed by atoms with Crippen molar-refractivity contribution in [2.75, 3.05) is 26.2 Å². The van der Waals surface area contributed by atoms with Crippen molar-refractivity contribution >= 4 is 28.9 Å². The number of hydrogen-bond donors (Lipinski definition) is 2. The number of benzene rings is 1. The number of fused-ring (bicyclic) bond motifs is 1.